The summed E-state index contributed by atoms with van der Waals surface area (Å²) in [5.74, 6) is 1.35. The molecule has 0 aliphatic carbocycles. The Kier molecular flexibility index (Phi) is 7.13. The Labute approximate surface area is 174 Å². The van der Waals surface area contributed by atoms with Crippen molar-refractivity contribution in [2.75, 3.05) is 13.1 Å². The molecule has 3 aromatic rings. The summed E-state index contributed by atoms with van der Waals surface area (Å²) < 4.78 is 3.57. The van der Waals surface area contributed by atoms with E-state index in [1.54, 1.807) is 24.0 Å². The van der Waals surface area contributed by atoms with E-state index in [1.807, 2.05) is 42.8 Å². The number of guanidine groups is 1. The van der Waals surface area contributed by atoms with Crippen molar-refractivity contribution in [3.63, 3.8) is 0 Å². The van der Waals surface area contributed by atoms with E-state index < -0.39 is 5.60 Å². The van der Waals surface area contributed by atoms with Crippen molar-refractivity contribution in [3.8, 4) is 0 Å². The van der Waals surface area contributed by atoms with Crippen LogP contribution in [0.1, 0.15) is 25.2 Å². The highest BCUT2D eigenvalue weighted by atomic mass is 127. The molecule has 27 heavy (non-hydrogen) atoms. The number of aryl methyl sites for hydroxylation is 1. The first kappa shape index (κ1) is 21.1. The minimum Gasteiger partial charge on any atom is -0.383 e. The van der Waals surface area contributed by atoms with Crippen LogP contribution in [0.15, 0.2) is 41.8 Å². The van der Waals surface area contributed by atoms with Gasteiger partial charge in [-0.25, -0.2) is 4.99 Å². The zero-order valence-corrected chi connectivity index (χ0v) is 18.0. The predicted octanol–water partition coefficient (Wildman–Crippen LogP) is 1.04. The van der Waals surface area contributed by atoms with Gasteiger partial charge in [-0.15, -0.1) is 34.2 Å². The normalized spacial score (nSPS) is 13.9. The van der Waals surface area contributed by atoms with Crippen LogP contribution in [0.2, 0.25) is 0 Å². The van der Waals surface area contributed by atoms with Gasteiger partial charge in [0.1, 0.15) is 12.1 Å². The van der Waals surface area contributed by atoms with E-state index in [0.29, 0.717) is 25.6 Å². The number of nitrogens with zero attached hydrogens (tertiary/aromatic N) is 6. The van der Waals surface area contributed by atoms with E-state index in [9.17, 15) is 5.11 Å². The summed E-state index contributed by atoms with van der Waals surface area (Å²) in [5.41, 5.74) is 0.466. The molecule has 0 bridgehead atoms. The molecule has 0 spiro atoms. The Morgan fingerprint density at radius 1 is 1.30 bits per heavy atom. The molecule has 3 aromatic heterocycles. The molecule has 0 saturated heterocycles. The van der Waals surface area contributed by atoms with Crippen LogP contribution in [0.4, 0.5) is 0 Å². The number of aliphatic imine (C=N–C) groups is 1. The largest absolute Gasteiger partial charge is 0.383 e. The first-order valence-electron chi connectivity index (χ1n) is 8.52. The van der Waals surface area contributed by atoms with Gasteiger partial charge in [-0.1, -0.05) is 6.07 Å². The lowest BCUT2D eigenvalue weighted by atomic mass is 10.00. The number of aromatic nitrogens is 5. The molecule has 0 amide bonds. The zero-order chi connectivity index (χ0) is 18.6. The number of pyridine rings is 1. The van der Waals surface area contributed by atoms with Crippen molar-refractivity contribution >= 4 is 35.6 Å². The molecular weight excluding hydrogens is 459 g/mol. The average molecular weight is 484 g/mol. The van der Waals surface area contributed by atoms with E-state index in [1.165, 1.54) is 0 Å². The van der Waals surface area contributed by atoms with Gasteiger partial charge in [-0.05, 0) is 26.0 Å². The molecule has 0 aromatic carbocycles. The molecule has 1 unspecified atom stereocenters. The van der Waals surface area contributed by atoms with Gasteiger partial charge < -0.3 is 15.7 Å². The summed E-state index contributed by atoms with van der Waals surface area (Å²) in [6.07, 6.45) is 5.37. The third-order valence-corrected chi connectivity index (χ3v) is 4.03. The van der Waals surface area contributed by atoms with Crippen LogP contribution in [0.5, 0.6) is 0 Å². The Morgan fingerprint density at radius 3 is 2.81 bits per heavy atom. The smallest absolute Gasteiger partial charge is 0.191 e. The summed E-state index contributed by atoms with van der Waals surface area (Å²) in [4.78, 5) is 4.55. The zero-order valence-electron chi connectivity index (χ0n) is 15.6. The van der Waals surface area contributed by atoms with Gasteiger partial charge >= 0.3 is 0 Å². The van der Waals surface area contributed by atoms with Crippen molar-refractivity contribution in [1.82, 2.24) is 35.0 Å². The highest BCUT2D eigenvalue weighted by Crippen LogP contribution is 2.18. The van der Waals surface area contributed by atoms with Gasteiger partial charge in [0.15, 0.2) is 17.4 Å². The molecule has 0 saturated carbocycles. The minimum atomic E-state index is -1.06. The molecule has 3 rings (SSSR count). The first-order chi connectivity index (χ1) is 12.5. The van der Waals surface area contributed by atoms with Gasteiger partial charge in [0.25, 0.3) is 0 Å². The lowest BCUT2D eigenvalue weighted by Crippen LogP contribution is -2.44. The molecule has 0 aliphatic rings. The maximum Gasteiger partial charge on any atom is 0.191 e. The second kappa shape index (κ2) is 9.13. The molecule has 0 aliphatic heterocycles. The average Bonchev–Trinajstić information content (AvgIpc) is 3.24. The highest BCUT2D eigenvalue weighted by molar-refractivity contribution is 14.0. The molecular formula is C17H25IN8O. The molecule has 3 N–H and O–H groups in total. The monoisotopic (exact) mass is 484 g/mol. The number of aliphatic hydroxyl groups is 1. The Bertz CT molecular complexity index is 901. The number of hydrogen-bond donors (Lipinski definition) is 3. The number of fused-ring (bicyclic) bond motifs is 1. The number of halogens is 1. The summed E-state index contributed by atoms with van der Waals surface area (Å²) in [7, 11) is 1.82. The van der Waals surface area contributed by atoms with Crippen LogP contribution in [0.3, 0.4) is 0 Å². The van der Waals surface area contributed by atoms with Crippen LogP contribution < -0.4 is 10.6 Å². The van der Waals surface area contributed by atoms with Crippen LogP contribution in [0, 0.1) is 0 Å². The molecule has 10 heteroatoms. The third-order valence-electron chi connectivity index (χ3n) is 4.03. The van der Waals surface area contributed by atoms with Crippen molar-refractivity contribution in [2.45, 2.75) is 26.0 Å². The molecule has 0 radical (unpaired) electrons. The van der Waals surface area contributed by atoms with E-state index >= 15 is 0 Å². The van der Waals surface area contributed by atoms with Crippen molar-refractivity contribution in [1.29, 1.82) is 0 Å². The van der Waals surface area contributed by atoms with Gasteiger partial charge in [0, 0.05) is 31.5 Å². The molecule has 9 nitrogen and oxygen atoms in total. The number of nitrogens with one attached hydrogen (secondary N) is 2. The Hall–Kier alpha value is -2.21. The van der Waals surface area contributed by atoms with E-state index in [4.69, 9.17) is 0 Å². The van der Waals surface area contributed by atoms with E-state index in [0.717, 1.165) is 17.0 Å². The fourth-order valence-corrected chi connectivity index (χ4v) is 2.55. The van der Waals surface area contributed by atoms with Crippen molar-refractivity contribution in [3.05, 3.63) is 48.2 Å². The quantitative estimate of drug-likeness (QED) is 0.275. The van der Waals surface area contributed by atoms with Gasteiger partial charge in [-0.3, -0.25) is 9.08 Å². The standard InChI is InChI=1S/C17H24N8O.HI/c1-4-18-16(20-12-17(2,26)13-9-21-24(3)11-13)19-10-15-23-22-14-7-5-6-8-25(14)15;/h5-9,11,26H,4,10,12H2,1-3H3,(H2,18,19,20);1H. The maximum atomic E-state index is 10.7. The summed E-state index contributed by atoms with van der Waals surface area (Å²) in [6, 6.07) is 5.75. The second-order valence-electron chi connectivity index (χ2n) is 6.27. The second-order valence-corrected chi connectivity index (χ2v) is 6.27. The molecule has 146 valence electrons. The molecule has 3 heterocycles. The van der Waals surface area contributed by atoms with Gasteiger partial charge in [-0.2, -0.15) is 5.10 Å². The minimum absolute atomic E-state index is 0. The predicted molar refractivity (Wildman–Crippen MR) is 114 cm³/mol. The maximum absolute atomic E-state index is 10.7. The van der Waals surface area contributed by atoms with Crippen LogP contribution in [-0.4, -0.2) is 48.5 Å². The Balaban J connectivity index is 0.00000261. The molecule has 1 atom stereocenters. The topological polar surface area (TPSA) is 105 Å². The molecule has 0 fully saturated rings. The SMILES string of the molecule is CCNC(=NCc1nnc2ccccn12)NCC(C)(O)c1cnn(C)c1.I. The highest BCUT2D eigenvalue weighted by Gasteiger charge is 2.25. The van der Waals surface area contributed by atoms with Crippen LogP contribution in [0.25, 0.3) is 5.65 Å². The van der Waals surface area contributed by atoms with Gasteiger partial charge in [0.05, 0.1) is 12.7 Å². The lowest BCUT2D eigenvalue weighted by Gasteiger charge is -2.23. The van der Waals surface area contributed by atoms with Gasteiger partial charge in [0.2, 0.25) is 0 Å². The lowest BCUT2D eigenvalue weighted by molar-refractivity contribution is 0.0616. The summed E-state index contributed by atoms with van der Waals surface area (Å²) >= 11 is 0. The van der Waals surface area contributed by atoms with Crippen LogP contribution >= 0.6 is 24.0 Å². The fraction of sp³-hybridized carbons (Fsp3) is 0.412. The number of hydrogen-bond acceptors (Lipinski definition) is 5. The van der Waals surface area contributed by atoms with E-state index in [-0.39, 0.29) is 24.0 Å². The summed E-state index contributed by atoms with van der Waals surface area (Å²) in [6.45, 7) is 5.11. The Morgan fingerprint density at radius 2 is 2.11 bits per heavy atom. The third kappa shape index (κ3) is 5.16. The van der Waals surface area contributed by atoms with Crippen molar-refractivity contribution < 1.29 is 5.11 Å². The van der Waals surface area contributed by atoms with Crippen LogP contribution in [-0.2, 0) is 19.2 Å². The van der Waals surface area contributed by atoms with Crippen molar-refractivity contribution in [2.24, 2.45) is 12.0 Å². The first-order valence-corrected chi connectivity index (χ1v) is 8.52. The van der Waals surface area contributed by atoms with E-state index in [2.05, 4.69) is 30.9 Å². The fourth-order valence-electron chi connectivity index (χ4n) is 2.55. The summed E-state index contributed by atoms with van der Waals surface area (Å²) in [5, 5.41) is 29.4. The number of rotatable bonds is 6.